The highest BCUT2D eigenvalue weighted by Crippen LogP contribution is 2.21. The van der Waals surface area contributed by atoms with Gasteiger partial charge in [0.25, 0.3) is 0 Å². The predicted octanol–water partition coefficient (Wildman–Crippen LogP) is 3.88. The van der Waals surface area contributed by atoms with Crippen LogP contribution in [0.3, 0.4) is 0 Å². The number of hydrogen-bond donors (Lipinski definition) is 1. The molecule has 2 rings (SSSR count). The SMILES string of the molecule is CCNCC(=Cc1cccc2cccnc12)C(C)C. The van der Waals surface area contributed by atoms with Gasteiger partial charge in [0.2, 0.25) is 0 Å². The van der Waals surface area contributed by atoms with Crippen molar-refractivity contribution in [1.82, 2.24) is 10.3 Å². The summed E-state index contributed by atoms with van der Waals surface area (Å²) in [7, 11) is 0. The summed E-state index contributed by atoms with van der Waals surface area (Å²) in [6.07, 6.45) is 4.14. The van der Waals surface area contributed by atoms with Crippen molar-refractivity contribution in [2.24, 2.45) is 5.92 Å². The number of hydrogen-bond acceptors (Lipinski definition) is 2. The lowest BCUT2D eigenvalue weighted by atomic mass is 9.99. The number of nitrogens with zero attached hydrogens (tertiary/aromatic N) is 1. The molecule has 0 atom stereocenters. The van der Waals surface area contributed by atoms with E-state index in [-0.39, 0.29) is 0 Å². The van der Waals surface area contributed by atoms with Gasteiger partial charge in [0, 0.05) is 23.7 Å². The van der Waals surface area contributed by atoms with Crippen LogP contribution < -0.4 is 5.32 Å². The van der Waals surface area contributed by atoms with E-state index in [4.69, 9.17) is 0 Å². The van der Waals surface area contributed by atoms with Gasteiger partial charge in [0.1, 0.15) is 0 Å². The predicted molar refractivity (Wildman–Crippen MR) is 83.1 cm³/mol. The molecule has 0 aliphatic heterocycles. The molecule has 2 heteroatoms. The first-order chi connectivity index (χ1) is 9.22. The Labute approximate surface area is 115 Å². The Balaban J connectivity index is 2.42. The van der Waals surface area contributed by atoms with Crippen molar-refractivity contribution in [1.29, 1.82) is 0 Å². The largest absolute Gasteiger partial charge is 0.313 e. The second-order valence-electron chi connectivity index (χ2n) is 5.08. The van der Waals surface area contributed by atoms with Crippen molar-refractivity contribution in [2.45, 2.75) is 20.8 Å². The quantitative estimate of drug-likeness (QED) is 0.875. The van der Waals surface area contributed by atoms with Crippen LogP contribution in [0, 0.1) is 5.92 Å². The molecule has 0 spiro atoms. The van der Waals surface area contributed by atoms with Crippen LogP contribution in [0.2, 0.25) is 0 Å². The highest BCUT2D eigenvalue weighted by molar-refractivity contribution is 5.87. The minimum atomic E-state index is 0.540. The van der Waals surface area contributed by atoms with Crippen molar-refractivity contribution < 1.29 is 0 Å². The van der Waals surface area contributed by atoms with Crippen LogP contribution in [0.25, 0.3) is 17.0 Å². The van der Waals surface area contributed by atoms with Crippen molar-refractivity contribution >= 4 is 17.0 Å². The van der Waals surface area contributed by atoms with E-state index in [0.717, 1.165) is 18.6 Å². The first kappa shape index (κ1) is 13.8. The zero-order valence-corrected chi connectivity index (χ0v) is 12.0. The number of nitrogens with one attached hydrogen (secondary N) is 1. The van der Waals surface area contributed by atoms with Gasteiger partial charge < -0.3 is 5.32 Å². The van der Waals surface area contributed by atoms with Gasteiger partial charge in [0.05, 0.1) is 5.52 Å². The van der Waals surface area contributed by atoms with E-state index in [1.165, 1.54) is 16.5 Å². The van der Waals surface area contributed by atoms with E-state index in [1.54, 1.807) is 0 Å². The molecule has 0 saturated heterocycles. The van der Waals surface area contributed by atoms with Gasteiger partial charge in [-0.15, -0.1) is 0 Å². The average Bonchev–Trinajstić information content (AvgIpc) is 2.43. The number of pyridine rings is 1. The van der Waals surface area contributed by atoms with Crippen LogP contribution in [0.5, 0.6) is 0 Å². The monoisotopic (exact) mass is 254 g/mol. The molecule has 100 valence electrons. The highest BCUT2D eigenvalue weighted by Gasteiger charge is 2.05. The Morgan fingerprint density at radius 3 is 2.79 bits per heavy atom. The maximum absolute atomic E-state index is 4.51. The molecule has 0 bridgehead atoms. The van der Waals surface area contributed by atoms with Gasteiger partial charge >= 0.3 is 0 Å². The molecule has 1 aromatic carbocycles. The van der Waals surface area contributed by atoms with Crippen LogP contribution >= 0.6 is 0 Å². The van der Waals surface area contributed by atoms with Crippen molar-refractivity contribution in [3.8, 4) is 0 Å². The lowest BCUT2D eigenvalue weighted by Crippen LogP contribution is -2.18. The second kappa shape index (κ2) is 6.48. The normalized spacial score (nSPS) is 12.3. The number of benzene rings is 1. The molecule has 0 unspecified atom stereocenters. The minimum absolute atomic E-state index is 0.540. The van der Waals surface area contributed by atoms with Gasteiger partial charge in [-0.25, -0.2) is 0 Å². The van der Waals surface area contributed by atoms with Crippen molar-refractivity contribution in [3.05, 3.63) is 47.7 Å². The highest BCUT2D eigenvalue weighted by atomic mass is 14.8. The van der Waals surface area contributed by atoms with Gasteiger partial charge in [-0.2, -0.15) is 0 Å². The first-order valence-corrected chi connectivity index (χ1v) is 6.97. The molecule has 1 aromatic heterocycles. The summed E-state index contributed by atoms with van der Waals surface area (Å²) in [5.41, 5.74) is 3.71. The zero-order valence-electron chi connectivity index (χ0n) is 12.0. The fraction of sp³-hybridized carbons (Fsp3) is 0.353. The zero-order chi connectivity index (χ0) is 13.7. The Morgan fingerprint density at radius 1 is 1.26 bits per heavy atom. The standard InChI is InChI=1S/C17H22N2/c1-4-18-12-16(13(2)3)11-15-8-5-7-14-9-6-10-19-17(14)15/h5-11,13,18H,4,12H2,1-3H3. The van der Waals surface area contributed by atoms with E-state index in [9.17, 15) is 0 Å². The molecule has 0 radical (unpaired) electrons. The van der Waals surface area contributed by atoms with E-state index in [1.807, 2.05) is 12.3 Å². The summed E-state index contributed by atoms with van der Waals surface area (Å²) in [5.74, 6) is 0.540. The molecular formula is C17H22N2. The molecule has 19 heavy (non-hydrogen) atoms. The van der Waals surface area contributed by atoms with Gasteiger partial charge in [-0.05, 0) is 18.5 Å². The maximum atomic E-state index is 4.51. The molecular weight excluding hydrogens is 232 g/mol. The topological polar surface area (TPSA) is 24.9 Å². The lowest BCUT2D eigenvalue weighted by molar-refractivity contribution is 0.682. The van der Waals surface area contributed by atoms with Crippen LogP contribution in [0.1, 0.15) is 26.3 Å². The first-order valence-electron chi connectivity index (χ1n) is 6.97. The number of likely N-dealkylation sites (N-methyl/N-ethyl adjacent to an activating group) is 1. The summed E-state index contributed by atoms with van der Waals surface area (Å²) in [6, 6.07) is 10.4. The number of aromatic nitrogens is 1. The minimum Gasteiger partial charge on any atom is -0.313 e. The van der Waals surface area contributed by atoms with Crippen LogP contribution in [0.4, 0.5) is 0 Å². The third kappa shape index (κ3) is 3.42. The number of rotatable bonds is 5. The Kier molecular flexibility index (Phi) is 4.69. The van der Waals surface area contributed by atoms with Crippen LogP contribution in [-0.2, 0) is 0 Å². The second-order valence-corrected chi connectivity index (χ2v) is 5.08. The van der Waals surface area contributed by atoms with Crippen molar-refractivity contribution in [3.63, 3.8) is 0 Å². The molecule has 0 amide bonds. The maximum Gasteiger partial charge on any atom is 0.0774 e. The van der Waals surface area contributed by atoms with E-state index in [2.05, 4.69) is 61.4 Å². The fourth-order valence-electron chi connectivity index (χ4n) is 2.14. The number of para-hydroxylation sites is 1. The van der Waals surface area contributed by atoms with Gasteiger partial charge in [-0.3, -0.25) is 4.98 Å². The molecule has 0 fully saturated rings. The number of fused-ring (bicyclic) bond motifs is 1. The molecule has 2 nitrogen and oxygen atoms in total. The Bertz CT molecular complexity index is 565. The van der Waals surface area contributed by atoms with Crippen LogP contribution in [-0.4, -0.2) is 18.1 Å². The molecule has 2 aromatic rings. The third-order valence-corrected chi connectivity index (χ3v) is 3.33. The Hall–Kier alpha value is -1.67. The van der Waals surface area contributed by atoms with E-state index >= 15 is 0 Å². The summed E-state index contributed by atoms with van der Waals surface area (Å²) in [6.45, 7) is 8.55. The summed E-state index contributed by atoms with van der Waals surface area (Å²) >= 11 is 0. The molecule has 0 aliphatic carbocycles. The molecule has 0 saturated carbocycles. The Morgan fingerprint density at radius 2 is 2.05 bits per heavy atom. The van der Waals surface area contributed by atoms with Crippen molar-refractivity contribution in [2.75, 3.05) is 13.1 Å². The van der Waals surface area contributed by atoms with E-state index in [0.29, 0.717) is 5.92 Å². The molecule has 1 heterocycles. The average molecular weight is 254 g/mol. The lowest BCUT2D eigenvalue weighted by Gasteiger charge is -2.12. The fourth-order valence-corrected chi connectivity index (χ4v) is 2.14. The summed E-state index contributed by atoms with van der Waals surface area (Å²) in [5, 5.41) is 4.61. The van der Waals surface area contributed by atoms with Crippen LogP contribution in [0.15, 0.2) is 42.1 Å². The third-order valence-electron chi connectivity index (χ3n) is 3.33. The van der Waals surface area contributed by atoms with E-state index < -0.39 is 0 Å². The van der Waals surface area contributed by atoms with Gasteiger partial charge in [0.15, 0.2) is 0 Å². The molecule has 1 N–H and O–H groups in total. The summed E-state index contributed by atoms with van der Waals surface area (Å²) < 4.78 is 0. The van der Waals surface area contributed by atoms with Gasteiger partial charge in [-0.1, -0.05) is 56.7 Å². The summed E-state index contributed by atoms with van der Waals surface area (Å²) in [4.78, 5) is 4.51. The smallest absolute Gasteiger partial charge is 0.0774 e. The molecule has 0 aliphatic rings.